The molecule has 1 aliphatic heterocycles. The number of thioether (sulfide) groups is 1. The van der Waals surface area contributed by atoms with Gasteiger partial charge in [-0.1, -0.05) is 30.4 Å². The predicted molar refractivity (Wildman–Crippen MR) is 53.5 cm³/mol. The van der Waals surface area contributed by atoms with Gasteiger partial charge in [-0.25, -0.2) is 0 Å². The van der Waals surface area contributed by atoms with Crippen LogP contribution in [0.15, 0.2) is 29.2 Å². The summed E-state index contributed by atoms with van der Waals surface area (Å²) in [5.74, 6) is 1.15. The Hall–Kier alpha value is -0.340. The lowest BCUT2D eigenvalue weighted by molar-refractivity contribution is 1.26. The molecule has 0 saturated heterocycles. The molecule has 0 amide bonds. The van der Waals surface area contributed by atoms with Crippen molar-refractivity contribution in [3.05, 3.63) is 29.8 Å². The van der Waals surface area contributed by atoms with Gasteiger partial charge in [0.05, 0.1) is 0 Å². The first-order chi connectivity index (χ1) is 5.38. The Morgan fingerprint density at radius 3 is 2.91 bits per heavy atom. The minimum atomic E-state index is 1.07. The highest BCUT2D eigenvalue weighted by Crippen LogP contribution is 2.29. The Balaban J connectivity index is 2.52. The van der Waals surface area contributed by atoms with Gasteiger partial charge >= 0.3 is 0 Å². The molecule has 0 aromatic heterocycles. The smallest absolute Gasteiger partial charge is 0.0244 e. The maximum absolute atomic E-state index is 5.25. The molecule has 0 unspecified atom stereocenters. The average molecular weight is 180 g/mol. The summed E-state index contributed by atoms with van der Waals surface area (Å²) >= 11 is 7.15. The van der Waals surface area contributed by atoms with Crippen LogP contribution in [0, 0.1) is 0 Å². The molecule has 56 valence electrons. The summed E-state index contributed by atoms with van der Waals surface area (Å²) in [5, 5.41) is 0. The molecule has 1 aromatic carbocycles. The summed E-state index contributed by atoms with van der Waals surface area (Å²) in [6.45, 7) is 0. The zero-order valence-corrected chi connectivity index (χ0v) is 7.67. The summed E-state index contributed by atoms with van der Waals surface area (Å²) in [4.78, 5) is 2.48. The van der Waals surface area contributed by atoms with Crippen molar-refractivity contribution in [2.75, 3.05) is 5.75 Å². The number of fused-ring (bicyclic) bond motifs is 1. The van der Waals surface area contributed by atoms with E-state index in [4.69, 9.17) is 12.2 Å². The predicted octanol–water partition coefficient (Wildman–Crippen LogP) is 2.90. The van der Waals surface area contributed by atoms with Crippen molar-refractivity contribution in [3.63, 3.8) is 0 Å². The normalized spacial score (nSPS) is 16.2. The average Bonchev–Trinajstić information content (AvgIpc) is 2.06. The van der Waals surface area contributed by atoms with Crippen LogP contribution in [-0.4, -0.2) is 10.6 Å². The number of benzene rings is 1. The molecule has 0 saturated carbocycles. The van der Waals surface area contributed by atoms with Crippen molar-refractivity contribution in [2.45, 2.75) is 11.3 Å². The van der Waals surface area contributed by atoms with E-state index in [1.807, 2.05) is 11.8 Å². The molecule has 0 nitrogen and oxygen atoms in total. The van der Waals surface area contributed by atoms with E-state index in [-0.39, 0.29) is 0 Å². The Morgan fingerprint density at radius 1 is 1.27 bits per heavy atom. The van der Waals surface area contributed by atoms with Gasteiger partial charge in [-0.2, -0.15) is 0 Å². The minimum absolute atomic E-state index is 1.07. The molecule has 1 aromatic rings. The second-order valence-electron chi connectivity index (χ2n) is 2.52. The summed E-state index contributed by atoms with van der Waals surface area (Å²) in [7, 11) is 0. The second kappa shape index (κ2) is 2.95. The van der Waals surface area contributed by atoms with E-state index < -0.39 is 0 Å². The molecule has 1 heterocycles. The standard InChI is InChI=1S/C9H8S2/c10-8-5-6-11-9-4-2-1-3-7(8)9/h1-4H,5-6H2. The molecule has 0 atom stereocenters. The van der Waals surface area contributed by atoms with Gasteiger partial charge in [0.2, 0.25) is 0 Å². The lowest BCUT2D eigenvalue weighted by Gasteiger charge is -2.14. The molecule has 0 fully saturated rings. The number of thiocarbonyl (C=S) groups is 1. The molecular weight excluding hydrogens is 172 g/mol. The van der Waals surface area contributed by atoms with Gasteiger partial charge in [0.25, 0.3) is 0 Å². The van der Waals surface area contributed by atoms with Crippen LogP contribution in [0.2, 0.25) is 0 Å². The van der Waals surface area contributed by atoms with E-state index in [1.165, 1.54) is 10.5 Å². The van der Waals surface area contributed by atoms with Crippen molar-refractivity contribution in [1.29, 1.82) is 0 Å². The Morgan fingerprint density at radius 2 is 2.09 bits per heavy atom. The van der Waals surface area contributed by atoms with Gasteiger partial charge in [0.15, 0.2) is 0 Å². The van der Waals surface area contributed by atoms with Gasteiger partial charge in [0, 0.05) is 21.1 Å². The molecule has 1 aliphatic rings. The van der Waals surface area contributed by atoms with Gasteiger partial charge < -0.3 is 0 Å². The summed E-state index contributed by atoms with van der Waals surface area (Å²) < 4.78 is 0. The first-order valence-corrected chi connectivity index (χ1v) is 5.02. The van der Waals surface area contributed by atoms with Crippen LogP contribution in [0.5, 0.6) is 0 Å². The maximum atomic E-state index is 5.25. The fraction of sp³-hybridized carbons (Fsp3) is 0.222. The van der Waals surface area contributed by atoms with Crippen molar-refractivity contribution in [3.8, 4) is 0 Å². The third-order valence-electron chi connectivity index (χ3n) is 1.77. The monoisotopic (exact) mass is 180 g/mol. The third-order valence-corrected chi connectivity index (χ3v) is 3.27. The lowest BCUT2D eigenvalue weighted by Crippen LogP contribution is -2.05. The number of hydrogen-bond acceptors (Lipinski definition) is 2. The topological polar surface area (TPSA) is 0 Å². The van der Waals surface area contributed by atoms with E-state index in [2.05, 4.69) is 24.3 Å². The van der Waals surface area contributed by atoms with Crippen molar-refractivity contribution >= 4 is 28.8 Å². The van der Waals surface area contributed by atoms with Crippen LogP contribution in [0.1, 0.15) is 12.0 Å². The SMILES string of the molecule is S=C1CCSc2ccccc21. The van der Waals surface area contributed by atoms with Gasteiger partial charge in [0.1, 0.15) is 0 Å². The first kappa shape index (κ1) is 7.32. The Labute approximate surface area is 76.0 Å². The van der Waals surface area contributed by atoms with Crippen LogP contribution >= 0.6 is 24.0 Å². The van der Waals surface area contributed by atoms with Crippen LogP contribution in [-0.2, 0) is 0 Å². The van der Waals surface area contributed by atoms with Crippen LogP contribution in [0.3, 0.4) is 0 Å². The molecule has 0 spiro atoms. The summed E-state index contributed by atoms with van der Waals surface area (Å²) in [6.07, 6.45) is 1.07. The first-order valence-electron chi connectivity index (χ1n) is 3.63. The van der Waals surface area contributed by atoms with Crippen molar-refractivity contribution in [1.82, 2.24) is 0 Å². The zero-order chi connectivity index (χ0) is 7.68. The van der Waals surface area contributed by atoms with Gasteiger partial charge in [-0.3, -0.25) is 0 Å². The molecule has 2 heteroatoms. The third kappa shape index (κ3) is 1.33. The van der Waals surface area contributed by atoms with E-state index in [0.717, 1.165) is 17.0 Å². The quantitative estimate of drug-likeness (QED) is 0.563. The van der Waals surface area contributed by atoms with E-state index in [0.29, 0.717) is 0 Å². The van der Waals surface area contributed by atoms with Crippen LogP contribution in [0.25, 0.3) is 0 Å². The highest BCUT2D eigenvalue weighted by molar-refractivity contribution is 7.99. The minimum Gasteiger partial charge on any atom is -0.125 e. The lowest BCUT2D eigenvalue weighted by atomic mass is 10.1. The maximum Gasteiger partial charge on any atom is 0.0244 e. The molecule has 0 radical (unpaired) electrons. The second-order valence-corrected chi connectivity index (χ2v) is 4.15. The molecule has 2 rings (SSSR count). The van der Waals surface area contributed by atoms with E-state index >= 15 is 0 Å². The summed E-state index contributed by atoms with van der Waals surface area (Å²) in [6, 6.07) is 8.38. The largest absolute Gasteiger partial charge is 0.125 e. The molecule has 0 bridgehead atoms. The molecule has 0 N–H and O–H groups in total. The number of hydrogen-bond donors (Lipinski definition) is 0. The van der Waals surface area contributed by atoms with E-state index in [9.17, 15) is 0 Å². The van der Waals surface area contributed by atoms with Crippen LogP contribution in [0.4, 0.5) is 0 Å². The van der Waals surface area contributed by atoms with Gasteiger partial charge in [-0.05, 0) is 12.5 Å². The van der Waals surface area contributed by atoms with Crippen molar-refractivity contribution < 1.29 is 0 Å². The van der Waals surface area contributed by atoms with Gasteiger partial charge in [-0.15, -0.1) is 11.8 Å². The highest BCUT2D eigenvalue weighted by Gasteiger charge is 2.12. The number of rotatable bonds is 0. The fourth-order valence-electron chi connectivity index (χ4n) is 1.21. The van der Waals surface area contributed by atoms with E-state index in [1.54, 1.807) is 0 Å². The fourth-order valence-corrected chi connectivity index (χ4v) is 2.73. The summed E-state index contributed by atoms with van der Waals surface area (Å²) in [5.41, 5.74) is 1.28. The highest BCUT2D eigenvalue weighted by atomic mass is 32.2. The Kier molecular flexibility index (Phi) is 1.96. The Bertz CT molecular complexity index is 291. The molecular formula is C9H8S2. The van der Waals surface area contributed by atoms with Crippen LogP contribution < -0.4 is 0 Å². The molecule has 0 aliphatic carbocycles. The zero-order valence-electron chi connectivity index (χ0n) is 6.04. The molecule has 11 heavy (non-hydrogen) atoms. The van der Waals surface area contributed by atoms with Crippen molar-refractivity contribution in [2.24, 2.45) is 0 Å².